The molecule has 7 nitrogen and oxygen atoms in total. The molecule has 178 valence electrons. The van der Waals surface area contributed by atoms with E-state index in [0.717, 1.165) is 33.8 Å². The second-order valence-electron chi connectivity index (χ2n) is 9.36. The predicted octanol–water partition coefficient (Wildman–Crippen LogP) is 4.43. The molecule has 1 amide bonds. The molecule has 3 heterocycles. The zero-order valence-electron chi connectivity index (χ0n) is 20.4. The molecule has 0 unspecified atom stereocenters. The number of Topliss-reactive ketones (excluding diaryl/α,β-unsaturated/α-hetero) is 1. The summed E-state index contributed by atoms with van der Waals surface area (Å²) in [5, 5.41) is 10.8. The monoisotopic (exact) mass is 467 g/mol. The standard InChI is InChI=1S/C28H29N5O2/c1-16-9-8-12-29-27(16)32-28(35)24-17(2)31-22-13-20(19-10-6-5-7-11-19)14-23(34)26(22)25(24)21-15-30-33(4)18(21)3/h5-12,15,20,25,31H,13-14H2,1-4H3,(H,29,32,35)/t20-,25-/m0/s1. The molecule has 5 rings (SSSR count). The summed E-state index contributed by atoms with van der Waals surface area (Å²) in [6, 6.07) is 13.9. The molecular formula is C28H29N5O2. The fourth-order valence-electron chi connectivity index (χ4n) is 5.20. The molecule has 2 atom stereocenters. The van der Waals surface area contributed by atoms with Crippen LogP contribution in [0.5, 0.6) is 0 Å². The van der Waals surface area contributed by atoms with Gasteiger partial charge in [0.15, 0.2) is 5.78 Å². The van der Waals surface area contributed by atoms with E-state index in [0.29, 0.717) is 29.8 Å². The van der Waals surface area contributed by atoms with E-state index in [2.05, 4.69) is 32.8 Å². The van der Waals surface area contributed by atoms with Gasteiger partial charge in [-0.2, -0.15) is 5.10 Å². The van der Waals surface area contributed by atoms with Gasteiger partial charge >= 0.3 is 0 Å². The van der Waals surface area contributed by atoms with Crippen molar-refractivity contribution in [3.05, 3.63) is 99.8 Å². The Balaban J connectivity index is 1.59. The summed E-state index contributed by atoms with van der Waals surface area (Å²) in [6.07, 6.45) is 4.56. The maximum atomic E-state index is 13.7. The Kier molecular flexibility index (Phi) is 5.84. The van der Waals surface area contributed by atoms with E-state index in [1.807, 2.05) is 58.2 Å². The van der Waals surface area contributed by atoms with Crippen LogP contribution in [0.15, 0.2) is 77.4 Å². The van der Waals surface area contributed by atoms with E-state index in [4.69, 9.17) is 0 Å². The summed E-state index contributed by atoms with van der Waals surface area (Å²) >= 11 is 0. The molecule has 1 aliphatic heterocycles. The van der Waals surface area contributed by atoms with Gasteiger partial charge in [0, 0.05) is 59.4 Å². The lowest BCUT2D eigenvalue weighted by atomic mass is 9.71. The van der Waals surface area contributed by atoms with Crippen molar-refractivity contribution in [3.63, 3.8) is 0 Å². The SMILES string of the molecule is CC1=C(C(=O)Nc2ncccc2C)[C@H](c2cnn(C)c2C)C2=C(C[C@H](c3ccccc3)CC2=O)N1. The first kappa shape index (κ1) is 22.8. The predicted molar refractivity (Wildman–Crippen MR) is 135 cm³/mol. The molecule has 0 saturated carbocycles. The Hall–Kier alpha value is -4.00. The fraction of sp³-hybridized carbons (Fsp3) is 0.286. The molecule has 2 N–H and O–H groups in total. The van der Waals surface area contributed by atoms with Crippen molar-refractivity contribution in [2.45, 2.75) is 45.4 Å². The van der Waals surface area contributed by atoms with Crippen LogP contribution < -0.4 is 10.6 Å². The van der Waals surface area contributed by atoms with Crippen molar-refractivity contribution in [2.24, 2.45) is 7.05 Å². The number of hydrogen-bond donors (Lipinski definition) is 2. The highest BCUT2D eigenvalue weighted by Gasteiger charge is 2.42. The molecule has 0 bridgehead atoms. The summed E-state index contributed by atoms with van der Waals surface area (Å²) in [5.41, 5.74) is 6.65. The summed E-state index contributed by atoms with van der Waals surface area (Å²) in [6.45, 7) is 5.78. The van der Waals surface area contributed by atoms with Crippen LogP contribution >= 0.6 is 0 Å². The lowest BCUT2D eigenvalue weighted by Crippen LogP contribution is -2.37. The number of amides is 1. The van der Waals surface area contributed by atoms with Crippen LogP contribution in [0.2, 0.25) is 0 Å². The lowest BCUT2D eigenvalue weighted by Gasteiger charge is -2.36. The van der Waals surface area contributed by atoms with E-state index in [1.165, 1.54) is 0 Å². The number of aromatic nitrogens is 3. The largest absolute Gasteiger partial charge is 0.362 e. The van der Waals surface area contributed by atoms with Gasteiger partial charge in [-0.25, -0.2) is 4.98 Å². The molecule has 0 saturated heterocycles. The summed E-state index contributed by atoms with van der Waals surface area (Å²) in [4.78, 5) is 31.7. The van der Waals surface area contributed by atoms with E-state index < -0.39 is 5.92 Å². The number of ketones is 1. The van der Waals surface area contributed by atoms with Gasteiger partial charge in [0.1, 0.15) is 5.82 Å². The number of dihydropyridines is 1. The van der Waals surface area contributed by atoms with Crippen molar-refractivity contribution in [2.75, 3.05) is 5.32 Å². The second kappa shape index (κ2) is 8.98. The summed E-state index contributed by atoms with van der Waals surface area (Å²) < 4.78 is 1.78. The van der Waals surface area contributed by atoms with Crippen LogP contribution in [0.4, 0.5) is 5.82 Å². The Labute approximate surface area is 205 Å². The zero-order valence-corrected chi connectivity index (χ0v) is 20.4. The van der Waals surface area contributed by atoms with Crippen molar-refractivity contribution in [1.29, 1.82) is 0 Å². The number of aryl methyl sites for hydroxylation is 2. The fourth-order valence-corrected chi connectivity index (χ4v) is 5.20. The number of pyridine rings is 1. The number of carbonyl (C=O) groups excluding carboxylic acids is 2. The second-order valence-corrected chi connectivity index (χ2v) is 9.36. The first-order valence-corrected chi connectivity index (χ1v) is 11.9. The molecule has 1 aromatic carbocycles. The van der Waals surface area contributed by atoms with Crippen molar-refractivity contribution in [1.82, 2.24) is 20.1 Å². The van der Waals surface area contributed by atoms with Crippen LogP contribution in [0.25, 0.3) is 0 Å². The molecule has 2 aliphatic rings. The highest BCUT2D eigenvalue weighted by Crippen LogP contribution is 2.46. The number of rotatable bonds is 4. The zero-order chi connectivity index (χ0) is 24.7. The van der Waals surface area contributed by atoms with E-state index in [9.17, 15) is 9.59 Å². The average Bonchev–Trinajstić information content (AvgIpc) is 3.17. The molecule has 7 heteroatoms. The normalized spacial score (nSPS) is 19.9. The third-order valence-corrected chi connectivity index (χ3v) is 7.17. The van der Waals surface area contributed by atoms with Crippen molar-refractivity contribution >= 4 is 17.5 Å². The minimum atomic E-state index is -0.492. The lowest BCUT2D eigenvalue weighted by molar-refractivity contribution is -0.116. The number of carbonyl (C=O) groups is 2. The summed E-state index contributed by atoms with van der Waals surface area (Å²) in [7, 11) is 1.87. The highest BCUT2D eigenvalue weighted by atomic mass is 16.2. The molecule has 35 heavy (non-hydrogen) atoms. The maximum Gasteiger partial charge on any atom is 0.255 e. The van der Waals surface area contributed by atoms with Crippen LogP contribution in [-0.4, -0.2) is 26.5 Å². The van der Waals surface area contributed by atoms with E-state index in [1.54, 1.807) is 17.1 Å². The Bertz CT molecular complexity index is 1380. The number of nitrogens with zero attached hydrogens (tertiary/aromatic N) is 3. The van der Waals surface area contributed by atoms with Gasteiger partial charge in [0.25, 0.3) is 5.91 Å². The van der Waals surface area contributed by atoms with Crippen LogP contribution in [0.3, 0.4) is 0 Å². The van der Waals surface area contributed by atoms with E-state index >= 15 is 0 Å². The van der Waals surface area contributed by atoms with Gasteiger partial charge in [-0.05, 0) is 50.3 Å². The van der Waals surface area contributed by atoms with Gasteiger partial charge < -0.3 is 10.6 Å². The first-order chi connectivity index (χ1) is 16.8. The quantitative estimate of drug-likeness (QED) is 0.593. The Morgan fingerprint density at radius 2 is 1.86 bits per heavy atom. The third kappa shape index (κ3) is 4.07. The van der Waals surface area contributed by atoms with Crippen LogP contribution in [0.1, 0.15) is 54.0 Å². The number of anilines is 1. The topological polar surface area (TPSA) is 88.9 Å². The van der Waals surface area contributed by atoms with Crippen molar-refractivity contribution in [3.8, 4) is 0 Å². The van der Waals surface area contributed by atoms with Crippen molar-refractivity contribution < 1.29 is 9.59 Å². The molecular weight excluding hydrogens is 438 g/mol. The molecule has 0 spiro atoms. The molecule has 3 aromatic rings. The number of nitrogens with one attached hydrogen (secondary N) is 2. The molecule has 2 aromatic heterocycles. The first-order valence-electron chi connectivity index (χ1n) is 11.9. The smallest absolute Gasteiger partial charge is 0.255 e. The minimum absolute atomic E-state index is 0.0627. The summed E-state index contributed by atoms with van der Waals surface area (Å²) in [5.74, 6) is -0.0845. The number of benzene rings is 1. The van der Waals surface area contributed by atoms with Gasteiger partial charge in [0.2, 0.25) is 0 Å². The maximum absolute atomic E-state index is 13.7. The van der Waals surface area contributed by atoms with E-state index in [-0.39, 0.29) is 17.6 Å². The molecule has 0 radical (unpaired) electrons. The van der Waals surface area contributed by atoms with Crippen LogP contribution in [0, 0.1) is 13.8 Å². The minimum Gasteiger partial charge on any atom is -0.362 e. The molecule has 0 fully saturated rings. The van der Waals surface area contributed by atoms with Gasteiger partial charge in [-0.1, -0.05) is 36.4 Å². The number of hydrogen-bond acceptors (Lipinski definition) is 5. The Morgan fingerprint density at radius 1 is 1.09 bits per heavy atom. The third-order valence-electron chi connectivity index (χ3n) is 7.17. The van der Waals surface area contributed by atoms with Gasteiger partial charge in [0.05, 0.1) is 6.20 Å². The highest BCUT2D eigenvalue weighted by molar-refractivity contribution is 6.09. The van der Waals surface area contributed by atoms with Gasteiger partial charge in [-0.3, -0.25) is 14.3 Å². The average molecular weight is 468 g/mol. The number of allylic oxidation sites excluding steroid dienone is 3. The molecule has 1 aliphatic carbocycles. The Morgan fingerprint density at radius 3 is 2.54 bits per heavy atom. The van der Waals surface area contributed by atoms with Crippen LogP contribution in [-0.2, 0) is 16.6 Å². The van der Waals surface area contributed by atoms with Gasteiger partial charge in [-0.15, -0.1) is 0 Å².